The molecule has 0 saturated heterocycles. The molecular formula is C17H14ClF4N3O2. The molecule has 2 aromatic rings. The van der Waals surface area contributed by atoms with Gasteiger partial charge in [0.15, 0.2) is 0 Å². The Morgan fingerprint density at radius 2 is 2.15 bits per heavy atom. The second-order valence-electron chi connectivity index (χ2n) is 6.12. The second-order valence-corrected chi connectivity index (χ2v) is 6.53. The van der Waals surface area contributed by atoms with E-state index in [0.29, 0.717) is 12.3 Å². The van der Waals surface area contributed by atoms with Crippen LogP contribution in [0.25, 0.3) is 0 Å². The number of halogens is 5. The van der Waals surface area contributed by atoms with Crippen molar-refractivity contribution >= 4 is 17.5 Å². The second kappa shape index (κ2) is 7.05. The maximum atomic E-state index is 15.4. The van der Waals surface area contributed by atoms with Gasteiger partial charge in [-0.2, -0.15) is 13.2 Å². The quantitative estimate of drug-likeness (QED) is 0.770. The van der Waals surface area contributed by atoms with Crippen LogP contribution >= 0.6 is 11.6 Å². The summed E-state index contributed by atoms with van der Waals surface area (Å²) in [5.74, 6) is -0.999. The first kappa shape index (κ1) is 19.5. The molecule has 2 N–H and O–H groups in total. The minimum Gasteiger partial charge on any atom is -0.387 e. The fraction of sp³-hybridized carbons (Fsp3) is 0.353. The van der Waals surface area contributed by atoms with Gasteiger partial charge in [0.1, 0.15) is 0 Å². The zero-order chi connectivity index (χ0) is 19.8. The molecule has 0 radical (unpaired) electrons. The highest BCUT2D eigenvalue weighted by Crippen LogP contribution is 2.42. The van der Waals surface area contributed by atoms with Crippen molar-refractivity contribution in [3.63, 3.8) is 0 Å². The van der Waals surface area contributed by atoms with E-state index in [4.69, 9.17) is 11.6 Å². The number of carbonyl (C=O) groups excluding carboxylic acids is 1. The summed E-state index contributed by atoms with van der Waals surface area (Å²) in [6, 6.07) is 3.51. The molecule has 144 valence electrons. The molecule has 1 aliphatic carbocycles. The predicted molar refractivity (Wildman–Crippen MR) is 87.3 cm³/mol. The first-order chi connectivity index (χ1) is 12.6. The highest BCUT2D eigenvalue weighted by Gasteiger charge is 2.46. The van der Waals surface area contributed by atoms with Crippen molar-refractivity contribution in [1.29, 1.82) is 0 Å². The Morgan fingerprint density at radius 1 is 1.41 bits per heavy atom. The number of aliphatic hydroxyl groups excluding tert-OH is 1. The van der Waals surface area contributed by atoms with Gasteiger partial charge in [0, 0.05) is 18.0 Å². The van der Waals surface area contributed by atoms with Gasteiger partial charge in [-0.15, -0.1) is 0 Å². The lowest BCUT2D eigenvalue weighted by Crippen LogP contribution is -2.44. The molecule has 1 aliphatic rings. The number of nitrogens with zero attached hydrogens (tertiary/aromatic N) is 2. The zero-order valence-electron chi connectivity index (χ0n) is 13.7. The number of alkyl halides is 4. The summed E-state index contributed by atoms with van der Waals surface area (Å²) >= 11 is 5.79. The molecule has 10 heteroatoms. The monoisotopic (exact) mass is 403 g/mol. The van der Waals surface area contributed by atoms with Gasteiger partial charge in [0.2, 0.25) is 5.67 Å². The molecule has 2 atom stereocenters. The third-order valence-electron chi connectivity index (χ3n) is 4.36. The molecule has 3 rings (SSSR count). The van der Waals surface area contributed by atoms with Gasteiger partial charge in [-0.1, -0.05) is 17.7 Å². The highest BCUT2D eigenvalue weighted by atomic mass is 35.5. The average molecular weight is 404 g/mol. The van der Waals surface area contributed by atoms with Crippen LogP contribution in [0, 0.1) is 0 Å². The third kappa shape index (κ3) is 3.74. The summed E-state index contributed by atoms with van der Waals surface area (Å²) in [5, 5.41) is 12.0. The van der Waals surface area contributed by atoms with Crippen LogP contribution in [0.1, 0.15) is 41.5 Å². The minimum atomic E-state index is -4.60. The van der Waals surface area contributed by atoms with E-state index in [9.17, 15) is 23.1 Å². The number of carbonyl (C=O) groups is 1. The lowest BCUT2D eigenvalue weighted by Gasteiger charge is -2.32. The number of hydrogen-bond acceptors (Lipinski definition) is 4. The fourth-order valence-corrected chi connectivity index (χ4v) is 3.15. The fourth-order valence-electron chi connectivity index (χ4n) is 2.92. The number of hydrogen-bond donors (Lipinski definition) is 2. The molecule has 0 saturated carbocycles. The number of rotatable bonds is 3. The number of fused-ring (bicyclic) bond motifs is 1. The Morgan fingerprint density at radius 3 is 2.81 bits per heavy atom. The molecule has 27 heavy (non-hydrogen) atoms. The molecule has 0 bridgehead atoms. The Hall–Kier alpha value is -2.26. The SMILES string of the molecule is O=C(NCc1ncc(C(F)(F)F)cc1Cl)[C@]1(F)CC[C@H](O)c2ncccc21. The van der Waals surface area contributed by atoms with Crippen molar-refractivity contribution in [1.82, 2.24) is 15.3 Å². The third-order valence-corrected chi connectivity index (χ3v) is 4.69. The average Bonchev–Trinajstić information content (AvgIpc) is 2.63. The molecule has 0 spiro atoms. The van der Waals surface area contributed by atoms with Crippen molar-refractivity contribution in [2.75, 3.05) is 0 Å². The van der Waals surface area contributed by atoms with Crippen molar-refractivity contribution < 1.29 is 27.5 Å². The topological polar surface area (TPSA) is 75.1 Å². The van der Waals surface area contributed by atoms with Crippen molar-refractivity contribution in [3.8, 4) is 0 Å². The van der Waals surface area contributed by atoms with E-state index in [0.717, 1.165) is 0 Å². The van der Waals surface area contributed by atoms with Gasteiger partial charge < -0.3 is 10.4 Å². The molecule has 0 aromatic carbocycles. The van der Waals surface area contributed by atoms with Gasteiger partial charge in [-0.05, 0) is 25.0 Å². The first-order valence-electron chi connectivity index (χ1n) is 7.95. The van der Waals surface area contributed by atoms with Crippen molar-refractivity contribution in [3.05, 3.63) is 58.1 Å². The lowest BCUT2D eigenvalue weighted by atomic mass is 9.81. The van der Waals surface area contributed by atoms with Crippen molar-refractivity contribution in [2.24, 2.45) is 0 Å². The van der Waals surface area contributed by atoms with Gasteiger partial charge in [0.05, 0.1) is 34.6 Å². The Balaban J connectivity index is 1.78. The normalized spacial score (nSPS) is 22.2. The van der Waals surface area contributed by atoms with Crippen LogP contribution < -0.4 is 5.32 Å². The Kier molecular flexibility index (Phi) is 5.09. The van der Waals surface area contributed by atoms with Gasteiger partial charge in [-0.25, -0.2) is 4.39 Å². The van der Waals surface area contributed by atoms with E-state index in [-0.39, 0.29) is 41.4 Å². The lowest BCUT2D eigenvalue weighted by molar-refractivity contribution is -0.138. The van der Waals surface area contributed by atoms with Crippen LogP contribution in [0.4, 0.5) is 17.6 Å². The maximum Gasteiger partial charge on any atom is 0.417 e. The zero-order valence-corrected chi connectivity index (χ0v) is 14.5. The number of nitrogens with one attached hydrogen (secondary N) is 1. The molecule has 0 fully saturated rings. The number of aromatic nitrogens is 2. The Labute approximate surface area is 156 Å². The smallest absolute Gasteiger partial charge is 0.387 e. The van der Waals surface area contributed by atoms with Gasteiger partial charge >= 0.3 is 6.18 Å². The maximum absolute atomic E-state index is 15.4. The van der Waals surface area contributed by atoms with Crippen LogP contribution in [-0.4, -0.2) is 21.0 Å². The highest BCUT2D eigenvalue weighted by molar-refractivity contribution is 6.31. The van der Waals surface area contributed by atoms with E-state index in [1.54, 1.807) is 0 Å². The van der Waals surface area contributed by atoms with Gasteiger partial charge in [-0.3, -0.25) is 14.8 Å². The summed E-state index contributed by atoms with van der Waals surface area (Å²) < 4.78 is 53.3. The molecule has 2 aromatic heterocycles. The summed E-state index contributed by atoms with van der Waals surface area (Å²) in [4.78, 5) is 20.0. The minimum absolute atomic E-state index is 0.00716. The standard InChI is InChI=1S/C17H14ClF4N3O2/c18-11-6-9(17(20,21)22)7-24-12(11)8-25-15(27)16(19)4-3-13(26)14-10(16)2-1-5-23-14/h1-2,5-7,13,26H,3-4,8H2,(H,25,27)/t13-,16-/m0/s1. The Bertz CT molecular complexity index is 877. The van der Waals surface area contributed by atoms with Crippen molar-refractivity contribution in [2.45, 2.75) is 37.3 Å². The molecule has 1 amide bonds. The molecule has 0 aliphatic heterocycles. The number of aliphatic hydroxyl groups is 1. The number of pyridine rings is 2. The summed E-state index contributed by atoms with van der Waals surface area (Å²) in [7, 11) is 0. The summed E-state index contributed by atoms with van der Waals surface area (Å²) in [6.45, 7) is -0.348. The van der Waals surface area contributed by atoms with Crippen LogP contribution in [0.3, 0.4) is 0 Å². The summed E-state index contributed by atoms with van der Waals surface area (Å²) in [5.41, 5.74) is -3.41. The van der Waals surface area contributed by atoms with E-state index in [2.05, 4.69) is 15.3 Å². The van der Waals surface area contributed by atoms with Crippen LogP contribution in [0.15, 0.2) is 30.6 Å². The van der Waals surface area contributed by atoms with E-state index >= 15 is 4.39 Å². The molecule has 0 unspecified atom stereocenters. The summed E-state index contributed by atoms with van der Waals surface area (Å²) in [6.07, 6.45) is -3.84. The van der Waals surface area contributed by atoms with Crippen LogP contribution in [0.5, 0.6) is 0 Å². The molecular weight excluding hydrogens is 390 g/mol. The van der Waals surface area contributed by atoms with Crippen LogP contribution in [0.2, 0.25) is 5.02 Å². The molecule has 2 heterocycles. The van der Waals surface area contributed by atoms with Crippen LogP contribution in [-0.2, 0) is 23.2 Å². The molecule has 5 nitrogen and oxygen atoms in total. The van der Waals surface area contributed by atoms with E-state index in [1.807, 2.05) is 0 Å². The number of amides is 1. The van der Waals surface area contributed by atoms with E-state index < -0.39 is 29.4 Å². The van der Waals surface area contributed by atoms with Gasteiger partial charge in [0.25, 0.3) is 5.91 Å². The van der Waals surface area contributed by atoms with E-state index in [1.165, 1.54) is 18.3 Å². The first-order valence-corrected chi connectivity index (χ1v) is 8.33. The largest absolute Gasteiger partial charge is 0.417 e. The predicted octanol–water partition coefficient (Wildman–Crippen LogP) is 3.46.